The third-order valence-corrected chi connectivity index (χ3v) is 7.25. The summed E-state index contributed by atoms with van der Waals surface area (Å²) in [6.07, 6.45) is 5.55. The van der Waals surface area contributed by atoms with Crippen LogP contribution in [0.3, 0.4) is 0 Å². The molecule has 2 aromatic heterocycles. The van der Waals surface area contributed by atoms with Crippen LogP contribution in [0.15, 0.2) is 47.5 Å². The second kappa shape index (κ2) is 8.03. The van der Waals surface area contributed by atoms with Crippen LogP contribution in [-0.2, 0) is 25.1 Å². The minimum Gasteiger partial charge on any atom is -0.298 e. The van der Waals surface area contributed by atoms with Gasteiger partial charge in [-0.25, -0.2) is 0 Å². The summed E-state index contributed by atoms with van der Waals surface area (Å²) >= 11 is 3.63. The number of rotatable bonds is 6. The van der Waals surface area contributed by atoms with E-state index in [9.17, 15) is 0 Å². The highest BCUT2D eigenvalue weighted by molar-refractivity contribution is 7.98. The van der Waals surface area contributed by atoms with Crippen molar-refractivity contribution >= 4 is 23.1 Å². The zero-order valence-corrected chi connectivity index (χ0v) is 17.6. The highest BCUT2D eigenvalue weighted by Crippen LogP contribution is 2.38. The van der Waals surface area contributed by atoms with E-state index in [0.717, 1.165) is 35.6 Å². The SMILES string of the molecule is C=CCn1c(SCc2ccc(C)cc2)nnc1-c1csc2c1CCC(C)C2. The first-order valence-electron chi connectivity index (χ1n) is 9.47. The second-order valence-electron chi connectivity index (χ2n) is 7.38. The van der Waals surface area contributed by atoms with E-state index in [1.54, 1.807) is 11.8 Å². The fourth-order valence-electron chi connectivity index (χ4n) is 3.59. The summed E-state index contributed by atoms with van der Waals surface area (Å²) in [4.78, 5) is 1.53. The molecular weight excluding hydrogens is 370 g/mol. The molecule has 0 N–H and O–H groups in total. The van der Waals surface area contributed by atoms with Gasteiger partial charge in [0, 0.05) is 28.1 Å². The van der Waals surface area contributed by atoms with E-state index in [2.05, 4.69) is 64.8 Å². The van der Waals surface area contributed by atoms with Gasteiger partial charge in [0.1, 0.15) is 0 Å². The maximum atomic E-state index is 4.58. The molecule has 5 heteroatoms. The van der Waals surface area contributed by atoms with Gasteiger partial charge in [0.05, 0.1) is 0 Å². The lowest BCUT2D eigenvalue weighted by molar-refractivity contribution is 0.508. The van der Waals surface area contributed by atoms with E-state index in [0.29, 0.717) is 0 Å². The zero-order valence-electron chi connectivity index (χ0n) is 15.9. The predicted octanol–water partition coefficient (Wildman–Crippen LogP) is 5.92. The molecule has 0 aliphatic heterocycles. The molecule has 0 saturated heterocycles. The van der Waals surface area contributed by atoms with Gasteiger partial charge in [-0.15, -0.1) is 28.1 Å². The van der Waals surface area contributed by atoms with E-state index in [1.807, 2.05) is 17.4 Å². The Hall–Kier alpha value is -1.85. The van der Waals surface area contributed by atoms with Crippen molar-refractivity contribution < 1.29 is 0 Å². The largest absolute Gasteiger partial charge is 0.298 e. The maximum Gasteiger partial charge on any atom is 0.192 e. The molecule has 4 rings (SSSR count). The molecule has 0 bridgehead atoms. The summed E-state index contributed by atoms with van der Waals surface area (Å²) in [6, 6.07) is 8.70. The highest BCUT2D eigenvalue weighted by Gasteiger charge is 2.24. The first-order valence-corrected chi connectivity index (χ1v) is 11.3. The Morgan fingerprint density at radius 1 is 1.30 bits per heavy atom. The molecule has 27 heavy (non-hydrogen) atoms. The van der Waals surface area contributed by atoms with E-state index >= 15 is 0 Å². The molecule has 3 nitrogen and oxygen atoms in total. The van der Waals surface area contributed by atoms with Crippen LogP contribution in [-0.4, -0.2) is 14.8 Å². The Morgan fingerprint density at radius 3 is 2.89 bits per heavy atom. The third-order valence-electron chi connectivity index (χ3n) is 5.16. The number of hydrogen-bond donors (Lipinski definition) is 0. The first kappa shape index (κ1) is 18.5. The summed E-state index contributed by atoms with van der Waals surface area (Å²) in [7, 11) is 0. The van der Waals surface area contributed by atoms with Crippen molar-refractivity contribution in [3.8, 4) is 11.4 Å². The Labute approximate surface area is 169 Å². The van der Waals surface area contributed by atoms with Crippen LogP contribution >= 0.6 is 23.1 Å². The normalized spacial score (nSPS) is 16.3. The summed E-state index contributed by atoms with van der Waals surface area (Å²) in [5, 5.41) is 12.3. The summed E-state index contributed by atoms with van der Waals surface area (Å²) in [6.45, 7) is 9.14. The number of thioether (sulfide) groups is 1. The van der Waals surface area contributed by atoms with Crippen LogP contribution in [0.4, 0.5) is 0 Å². The van der Waals surface area contributed by atoms with Crippen molar-refractivity contribution in [1.29, 1.82) is 0 Å². The van der Waals surface area contributed by atoms with E-state index < -0.39 is 0 Å². The molecule has 1 atom stereocenters. The molecule has 3 aromatic rings. The Morgan fingerprint density at radius 2 is 2.11 bits per heavy atom. The lowest BCUT2D eigenvalue weighted by Crippen LogP contribution is -2.10. The molecular formula is C22H25N3S2. The van der Waals surface area contributed by atoms with Crippen molar-refractivity contribution in [2.24, 2.45) is 5.92 Å². The summed E-state index contributed by atoms with van der Waals surface area (Å²) < 4.78 is 2.21. The van der Waals surface area contributed by atoms with Crippen molar-refractivity contribution in [1.82, 2.24) is 14.8 Å². The number of aryl methyl sites for hydroxylation is 1. The van der Waals surface area contributed by atoms with Crippen LogP contribution in [0, 0.1) is 12.8 Å². The van der Waals surface area contributed by atoms with Gasteiger partial charge in [0.25, 0.3) is 0 Å². The highest BCUT2D eigenvalue weighted by atomic mass is 32.2. The average molecular weight is 396 g/mol. The zero-order chi connectivity index (χ0) is 18.8. The van der Waals surface area contributed by atoms with Gasteiger partial charge in [-0.3, -0.25) is 4.57 Å². The predicted molar refractivity (Wildman–Crippen MR) is 115 cm³/mol. The van der Waals surface area contributed by atoms with Gasteiger partial charge in [0.15, 0.2) is 11.0 Å². The van der Waals surface area contributed by atoms with Gasteiger partial charge in [-0.05, 0) is 43.2 Å². The molecule has 0 spiro atoms. The second-order valence-corrected chi connectivity index (χ2v) is 9.29. The van der Waals surface area contributed by atoms with Gasteiger partial charge < -0.3 is 0 Å². The number of fused-ring (bicyclic) bond motifs is 1. The summed E-state index contributed by atoms with van der Waals surface area (Å²) in [5.74, 6) is 2.68. The number of hydrogen-bond acceptors (Lipinski definition) is 4. The molecule has 0 radical (unpaired) electrons. The van der Waals surface area contributed by atoms with E-state index in [4.69, 9.17) is 0 Å². The van der Waals surface area contributed by atoms with Crippen LogP contribution in [0.5, 0.6) is 0 Å². The number of aromatic nitrogens is 3. The van der Waals surface area contributed by atoms with Crippen molar-refractivity contribution in [3.63, 3.8) is 0 Å². The average Bonchev–Trinajstić information content (AvgIpc) is 3.25. The van der Waals surface area contributed by atoms with Crippen molar-refractivity contribution in [3.05, 3.63) is 63.9 Å². The van der Waals surface area contributed by atoms with E-state index in [-0.39, 0.29) is 0 Å². The first-order chi connectivity index (χ1) is 13.2. The Balaban J connectivity index is 1.61. The molecule has 1 aromatic carbocycles. The van der Waals surface area contributed by atoms with Crippen LogP contribution < -0.4 is 0 Å². The number of nitrogens with zero attached hydrogens (tertiary/aromatic N) is 3. The minimum absolute atomic E-state index is 0.736. The molecule has 1 aliphatic rings. The smallest absolute Gasteiger partial charge is 0.192 e. The maximum absolute atomic E-state index is 4.58. The number of thiophene rings is 1. The van der Waals surface area contributed by atoms with Gasteiger partial charge >= 0.3 is 0 Å². The van der Waals surface area contributed by atoms with Crippen LogP contribution in [0.25, 0.3) is 11.4 Å². The van der Waals surface area contributed by atoms with Gasteiger partial charge in [-0.2, -0.15) is 0 Å². The number of benzene rings is 1. The molecule has 0 saturated carbocycles. The van der Waals surface area contributed by atoms with Crippen molar-refractivity contribution in [2.75, 3.05) is 0 Å². The minimum atomic E-state index is 0.736. The lowest BCUT2D eigenvalue weighted by atomic mass is 9.88. The van der Waals surface area contributed by atoms with Gasteiger partial charge in [0.2, 0.25) is 0 Å². The Bertz CT molecular complexity index is 937. The quantitative estimate of drug-likeness (QED) is 0.383. The monoisotopic (exact) mass is 395 g/mol. The van der Waals surface area contributed by atoms with Crippen molar-refractivity contribution in [2.45, 2.75) is 50.6 Å². The van der Waals surface area contributed by atoms with Crippen LogP contribution in [0.2, 0.25) is 0 Å². The fraction of sp³-hybridized carbons (Fsp3) is 0.364. The fourth-order valence-corrected chi connectivity index (χ4v) is 5.73. The topological polar surface area (TPSA) is 30.7 Å². The lowest BCUT2D eigenvalue weighted by Gasteiger charge is -2.19. The number of allylic oxidation sites excluding steroid dienone is 1. The van der Waals surface area contributed by atoms with E-state index in [1.165, 1.54) is 40.0 Å². The molecule has 1 aliphatic carbocycles. The standard InChI is InChI=1S/C22H25N3S2/c1-4-11-25-21(19-14-26-20-12-16(3)7-10-18(19)20)23-24-22(25)27-13-17-8-5-15(2)6-9-17/h4-6,8-9,14,16H,1,7,10-13H2,2-3H3. The Kier molecular flexibility index (Phi) is 5.50. The van der Waals surface area contributed by atoms with Gasteiger partial charge in [-0.1, -0.05) is 54.6 Å². The molecule has 0 amide bonds. The third kappa shape index (κ3) is 3.90. The van der Waals surface area contributed by atoms with Crippen LogP contribution in [0.1, 0.15) is 34.9 Å². The molecule has 2 heterocycles. The molecule has 1 unspecified atom stereocenters. The summed E-state index contributed by atoms with van der Waals surface area (Å²) in [5.41, 5.74) is 5.36. The molecule has 140 valence electrons. The molecule has 0 fully saturated rings.